The van der Waals surface area contributed by atoms with Gasteiger partial charge in [0.25, 0.3) is 0 Å². The highest BCUT2D eigenvalue weighted by molar-refractivity contribution is 5.56. The minimum Gasteiger partial charge on any atom is -0.450 e. The van der Waals surface area contributed by atoms with Gasteiger partial charge in [0.05, 0.1) is 13.2 Å². The lowest BCUT2D eigenvalue weighted by molar-refractivity contribution is 0.0772. The summed E-state index contributed by atoms with van der Waals surface area (Å²) in [6.45, 7) is 3.68. The molecule has 4 nitrogen and oxygen atoms in total. The summed E-state index contributed by atoms with van der Waals surface area (Å²) in [4.78, 5) is 10.4. The number of hydrogen-bond acceptors (Lipinski definition) is 3. The van der Waals surface area contributed by atoms with Crippen LogP contribution in [-0.4, -0.2) is 31.1 Å². The van der Waals surface area contributed by atoms with Crippen molar-refractivity contribution in [2.24, 2.45) is 0 Å². The molecule has 0 radical (unpaired) electrons. The topological polar surface area (TPSA) is 55.8 Å². The summed E-state index contributed by atoms with van der Waals surface area (Å²) in [7, 11) is 0. The van der Waals surface area contributed by atoms with Crippen LogP contribution in [0.4, 0.5) is 4.79 Å². The first-order valence-corrected chi connectivity index (χ1v) is 6.72. The van der Waals surface area contributed by atoms with Crippen molar-refractivity contribution in [1.29, 1.82) is 0 Å². The second-order valence-corrected chi connectivity index (χ2v) is 4.44. The molecular weight excluding hydrogens is 244 g/mol. The highest BCUT2D eigenvalue weighted by Crippen LogP contribution is 2.20. The van der Waals surface area contributed by atoms with Crippen molar-refractivity contribution in [3.8, 4) is 0 Å². The average molecular weight is 266 g/mol. The number of benzene rings is 1. The van der Waals surface area contributed by atoms with Crippen molar-refractivity contribution >= 4 is 6.16 Å². The zero-order valence-electron chi connectivity index (χ0n) is 11.4. The van der Waals surface area contributed by atoms with Gasteiger partial charge in [0.1, 0.15) is 0 Å². The molecule has 19 heavy (non-hydrogen) atoms. The Hall–Kier alpha value is -1.55. The summed E-state index contributed by atoms with van der Waals surface area (Å²) >= 11 is 0. The highest BCUT2D eigenvalue weighted by Gasteiger charge is 2.12. The Kier molecular flexibility index (Phi) is 7.66. The van der Waals surface area contributed by atoms with E-state index in [0.717, 1.165) is 25.0 Å². The largest absolute Gasteiger partial charge is 0.505 e. The molecule has 0 heterocycles. The first-order chi connectivity index (χ1) is 9.24. The van der Waals surface area contributed by atoms with Crippen molar-refractivity contribution in [2.45, 2.75) is 32.1 Å². The van der Waals surface area contributed by atoms with E-state index >= 15 is 0 Å². The third-order valence-corrected chi connectivity index (χ3v) is 2.92. The second-order valence-electron chi connectivity index (χ2n) is 4.44. The molecule has 0 aliphatic rings. The molecule has 0 amide bonds. The molecule has 1 aromatic carbocycles. The van der Waals surface area contributed by atoms with Gasteiger partial charge in [-0.3, -0.25) is 0 Å². The molecule has 0 saturated heterocycles. The number of rotatable bonds is 9. The number of hydrogen-bond donors (Lipinski definition) is 1. The van der Waals surface area contributed by atoms with Crippen molar-refractivity contribution in [1.82, 2.24) is 0 Å². The molecule has 4 heteroatoms. The third-order valence-electron chi connectivity index (χ3n) is 2.92. The maximum atomic E-state index is 10.4. The fraction of sp³-hybridized carbons (Fsp3) is 0.533. The monoisotopic (exact) mass is 266 g/mol. The Morgan fingerprint density at radius 1 is 1.26 bits per heavy atom. The summed E-state index contributed by atoms with van der Waals surface area (Å²) in [6, 6.07) is 9.99. The van der Waals surface area contributed by atoms with E-state index in [0.29, 0.717) is 13.0 Å². The van der Waals surface area contributed by atoms with Crippen LogP contribution in [-0.2, 0) is 9.47 Å². The smallest absolute Gasteiger partial charge is 0.450 e. The Morgan fingerprint density at radius 2 is 2.00 bits per heavy atom. The summed E-state index contributed by atoms with van der Waals surface area (Å²) in [5.41, 5.74) is 1.16. The molecule has 1 unspecified atom stereocenters. The normalized spacial score (nSPS) is 12.1. The minimum absolute atomic E-state index is 0.178. The Bertz CT molecular complexity index is 350. The molecule has 0 aliphatic carbocycles. The van der Waals surface area contributed by atoms with Crippen molar-refractivity contribution in [3.63, 3.8) is 0 Å². The van der Waals surface area contributed by atoms with Crippen LogP contribution in [0.2, 0.25) is 0 Å². The van der Waals surface area contributed by atoms with Crippen molar-refractivity contribution in [3.05, 3.63) is 35.9 Å². The fourth-order valence-corrected chi connectivity index (χ4v) is 1.83. The summed E-state index contributed by atoms with van der Waals surface area (Å²) < 4.78 is 10.2. The molecule has 1 atom stereocenters. The van der Waals surface area contributed by atoms with E-state index in [4.69, 9.17) is 9.84 Å². The van der Waals surface area contributed by atoms with E-state index in [9.17, 15) is 4.79 Å². The van der Waals surface area contributed by atoms with E-state index in [2.05, 4.69) is 11.7 Å². The molecule has 0 spiro atoms. The van der Waals surface area contributed by atoms with Crippen molar-refractivity contribution in [2.75, 3.05) is 19.8 Å². The third kappa shape index (κ3) is 6.82. The van der Waals surface area contributed by atoms with Crippen LogP contribution in [0.3, 0.4) is 0 Å². The standard InChI is InChI=1S/C15H22O4/c1-2-3-10-18-12-14(9-11-19-15(16)17)13-7-5-4-6-8-13/h4-8,14H,2-3,9-12H2,1H3,(H,16,17). The van der Waals surface area contributed by atoms with Crippen LogP contribution < -0.4 is 0 Å². The van der Waals surface area contributed by atoms with Gasteiger partial charge in [-0.1, -0.05) is 43.7 Å². The van der Waals surface area contributed by atoms with Crippen LogP contribution >= 0.6 is 0 Å². The minimum atomic E-state index is -1.22. The first-order valence-electron chi connectivity index (χ1n) is 6.72. The Labute approximate surface area is 114 Å². The number of ether oxygens (including phenoxy) is 2. The molecule has 0 bridgehead atoms. The van der Waals surface area contributed by atoms with E-state index in [-0.39, 0.29) is 12.5 Å². The molecule has 1 aromatic rings. The SMILES string of the molecule is CCCCOCC(CCOC(=O)O)c1ccccc1. The lowest BCUT2D eigenvalue weighted by Gasteiger charge is -2.17. The zero-order chi connectivity index (χ0) is 13.9. The quantitative estimate of drug-likeness (QED) is 0.547. The fourth-order valence-electron chi connectivity index (χ4n) is 1.83. The Balaban J connectivity index is 2.45. The molecule has 1 rings (SSSR count). The lowest BCUT2D eigenvalue weighted by atomic mass is 9.97. The summed E-state index contributed by atoms with van der Waals surface area (Å²) in [5.74, 6) is 0.178. The maximum absolute atomic E-state index is 10.4. The van der Waals surface area contributed by atoms with Crippen molar-refractivity contribution < 1.29 is 19.4 Å². The predicted molar refractivity (Wildman–Crippen MR) is 73.5 cm³/mol. The Morgan fingerprint density at radius 3 is 2.63 bits per heavy atom. The number of carboxylic acid groups (broad SMARTS) is 1. The molecule has 0 fully saturated rings. The molecule has 106 valence electrons. The van der Waals surface area contributed by atoms with Gasteiger partial charge in [-0.2, -0.15) is 0 Å². The van der Waals surface area contributed by atoms with Crippen LogP contribution in [0.15, 0.2) is 30.3 Å². The van der Waals surface area contributed by atoms with Gasteiger partial charge in [0.15, 0.2) is 0 Å². The van der Waals surface area contributed by atoms with E-state index in [1.807, 2.05) is 30.3 Å². The maximum Gasteiger partial charge on any atom is 0.505 e. The molecular formula is C15H22O4. The van der Waals surface area contributed by atoms with Gasteiger partial charge in [-0.15, -0.1) is 0 Å². The van der Waals surface area contributed by atoms with Gasteiger partial charge in [-0.05, 0) is 18.4 Å². The van der Waals surface area contributed by atoms with Gasteiger partial charge in [0.2, 0.25) is 0 Å². The van der Waals surface area contributed by atoms with E-state index in [1.165, 1.54) is 0 Å². The van der Waals surface area contributed by atoms with E-state index < -0.39 is 6.16 Å². The van der Waals surface area contributed by atoms with Gasteiger partial charge in [-0.25, -0.2) is 4.79 Å². The van der Waals surface area contributed by atoms with Crippen LogP contribution in [0.25, 0.3) is 0 Å². The predicted octanol–water partition coefficient (Wildman–Crippen LogP) is 3.67. The highest BCUT2D eigenvalue weighted by atomic mass is 16.7. The number of carbonyl (C=O) groups is 1. The van der Waals surface area contributed by atoms with Gasteiger partial charge >= 0.3 is 6.16 Å². The zero-order valence-corrected chi connectivity index (χ0v) is 11.4. The average Bonchev–Trinajstić information content (AvgIpc) is 2.42. The van der Waals surface area contributed by atoms with Gasteiger partial charge in [0, 0.05) is 12.5 Å². The van der Waals surface area contributed by atoms with Crippen LogP contribution in [0.1, 0.15) is 37.7 Å². The molecule has 0 aliphatic heterocycles. The summed E-state index contributed by atoms with van der Waals surface area (Å²) in [6.07, 6.45) is 1.58. The first kappa shape index (κ1) is 15.5. The van der Waals surface area contributed by atoms with E-state index in [1.54, 1.807) is 0 Å². The summed E-state index contributed by atoms with van der Waals surface area (Å²) in [5, 5.41) is 8.49. The van der Waals surface area contributed by atoms with Gasteiger partial charge < -0.3 is 14.6 Å². The van der Waals surface area contributed by atoms with Crippen LogP contribution in [0.5, 0.6) is 0 Å². The molecule has 0 aromatic heterocycles. The molecule has 0 saturated carbocycles. The number of unbranched alkanes of at least 4 members (excludes halogenated alkanes) is 1. The molecule has 1 N–H and O–H groups in total. The lowest BCUT2D eigenvalue weighted by Crippen LogP contribution is -2.13. The van der Waals surface area contributed by atoms with Crippen LogP contribution in [0, 0.1) is 0 Å². The second kappa shape index (κ2) is 9.39.